The van der Waals surface area contributed by atoms with Gasteiger partial charge in [0.25, 0.3) is 0 Å². The molecular weight excluding hydrogens is 264 g/mol. The lowest BCUT2D eigenvalue weighted by molar-refractivity contribution is -0.136. The topological polar surface area (TPSA) is 55.1 Å². The first kappa shape index (κ1) is 13.4. The van der Waals surface area contributed by atoms with Crippen LogP contribution in [-0.4, -0.2) is 20.6 Å². The number of hydrogen-bond donors (Lipinski definition) is 1. The number of hydrogen-bond acceptors (Lipinski definition) is 2. The second-order valence-electron chi connectivity index (χ2n) is 5.10. The lowest BCUT2D eigenvalue weighted by atomic mass is 10.0. The molecule has 4 heteroatoms. The van der Waals surface area contributed by atoms with Crippen LogP contribution in [0.1, 0.15) is 12.0 Å². The zero-order valence-corrected chi connectivity index (χ0v) is 11.8. The van der Waals surface area contributed by atoms with Crippen molar-refractivity contribution >= 4 is 16.9 Å². The van der Waals surface area contributed by atoms with E-state index in [9.17, 15) is 4.79 Å². The minimum atomic E-state index is -0.766. The Morgan fingerprint density at radius 3 is 2.71 bits per heavy atom. The second-order valence-corrected chi connectivity index (χ2v) is 5.10. The van der Waals surface area contributed by atoms with Gasteiger partial charge in [0, 0.05) is 43.0 Å². The van der Waals surface area contributed by atoms with Crippen molar-refractivity contribution in [2.24, 2.45) is 7.05 Å². The zero-order chi connectivity index (χ0) is 14.8. The summed E-state index contributed by atoms with van der Waals surface area (Å²) in [5.41, 5.74) is 4.45. The SMILES string of the molecule is Cn1cc(CCC(=O)O)c2cccc(-c3ccncc3)c21. The first-order valence-electron chi connectivity index (χ1n) is 6.86. The fourth-order valence-electron chi connectivity index (χ4n) is 2.76. The van der Waals surface area contributed by atoms with E-state index in [0.717, 1.165) is 27.6 Å². The number of rotatable bonds is 4. The van der Waals surface area contributed by atoms with E-state index in [1.54, 1.807) is 12.4 Å². The van der Waals surface area contributed by atoms with Crippen LogP contribution in [0.3, 0.4) is 0 Å². The standard InChI is InChI=1S/C17H16N2O2/c1-19-11-13(5-6-16(20)21)15-4-2-3-14(17(15)19)12-7-9-18-10-8-12/h2-4,7-11H,5-6H2,1H3,(H,20,21). The summed E-state index contributed by atoms with van der Waals surface area (Å²) in [6.45, 7) is 0. The van der Waals surface area contributed by atoms with Gasteiger partial charge >= 0.3 is 5.97 Å². The molecule has 0 fully saturated rings. The van der Waals surface area contributed by atoms with Crippen LogP contribution >= 0.6 is 0 Å². The van der Waals surface area contributed by atoms with Crippen LogP contribution < -0.4 is 0 Å². The summed E-state index contributed by atoms with van der Waals surface area (Å²) in [6.07, 6.45) is 6.29. The van der Waals surface area contributed by atoms with Gasteiger partial charge in [0.15, 0.2) is 0 Å². The molecule has 0 aliphatic rings. The van der Waals surface area contributed by atoms with Crippen LogP contribution in [0.15, 0.2) is 48.9 Å². The van der Waals surface area contributed by atoms with Gasteiger partial charge in [-0.1, -0.05) is 18.2 Å². The van der Waals surface area contributed by atoms with Crippen molar-refractivity contribution in [1.29, 1.82) is 0 Å². The first-order chi connectivity index (χ1) is 10.2. The summed E-state index contributed by atoms with van der Waals surface area (Å²) in [6, 6.07) is 10.1. The summed E-state index contributed by atoms with van der Waals surface area (Å²) in [4.78, 5) is 14.8. The van der Waals surface area contributed by atoms with E-state index in [1.165, 1.54) is 0 Å². The van der Waals surface area contributed by atoms with Crippen molar-refractivity contribution in [1.82, 2.24) is 9.55 Å². The molecule has 0 saturated carbocycles. The number of carboxylic acids is 1. The van der Waals surface area contributed by atoms with Crippen LogP contribution in [0.5, 0.6) is 0 Å². The number of benzene rings is 1. The number of para-hydroxylation sites is 1. The third kappa shape index (κ3) is 2.52. The third-order valence-corrected chi connectivity index (χ3v) is 3.68. The molecule has 0 bridgehead atoms. The van der Waals surface area contributed by atoms with Crippen molar-refractivity contribution < 1.29 is 9.90 Å². The van der Waals surface area contributed by atoms with Crippen molar-refractivity contribution in [3.8, 4) is 11.1 Å². The predicted molar refractivity (Wildman–Crippen MR) is 82.1 cm³/mol. The molecule has 2 aromatic heterocycles. The smallest absolute Gasteiger partial charge is 0.303 e. The highest BCUT2D eigenvalue weighted by atomic mass is 16.4. The number of nitrogens with zero attached hydrogens (tertiary/aromatic N) is 2. The summed E-state index contributed by atoms with van der Waals surface area (Å²) >= 11 is 0. The predicted octanol–water partition coefficient (Wildman–Crippen LogP) is 3.26. The van der Waals surface area contributed by atoms with Crippen molar-refractivity contribution in [2.75, 3.05) is 0 Å². The number of fused-ring (bicyclic) bond motifs is 1. The Labute approximate surface area is 122 Å². The van der Waals surface area contributed by atoms with Crippen molar-refractivity contribution in [3.63, 3.8) is 0 Å². The summed E-state index contributed by atoms with van der Waals surface area (Å²) in [5, 5.41) is 9.99. The molecule has 0 spiro atoms. The highest BCUT2D eigenvalue weighted by Crippen LogP contribution is 2.31. The number of aryl methyl sites for hydroxylation is 2. The molecule has 4 nitrogen and oxygen atoms in total. The first-order valence-corrected chi connectivity index (χ1v) is 6.86. The van der Waals surface area contributed by atoms with E-state index in [2.05, 4.69) is 21.7 Å². The van der Waals surface area contributed by atoms with Gasteiger partial charge in [0.05, 0.1) is 5.52 Å². The largest absolute Gasteiger partial charge is 0.481 e. The molecular formula is C17H16N2O2. The van der Waals surface area contributed by atoms with E-state index in [1.807, 2.05) is 31.4 Å². The molecule has 3 aromatic rings. The van der Waals surface area contributed by atoms with E-state index < -0.39 is 5.97 Å². The molecule has 2 heterocycles. The van der Waals surface area contributed by atoms with Gasteiger partial charge in [-0.15, -0.1) is 0 Å². The van der Waals surface area contributed by atoms with Crippen LogP contribution in [0.2, 0.25) is 0 Å². The molecule has 0 aliphatic heterocycles. The highest BCUT2D eigenvalue weighted by molar-refractivity contribution is 5.96. The molecule has 106 valence electrons. The number of aromatic nitrogens is 2. The Bertz CT molecular complexity index is 791. The molecule has 0 saturated heterocycles. The van der Waals surface area contributed by atoms with Gasteiger partial charge in [0.2, 0.25) is 0 Å². The summed E-state index contributed by atoms with van der Waals surface area (Å²) in [5.74, 6) is -0.766. The molecule has 21 heavy (non-hydrogen) atoms. The number of carbonyl (C=O) groups is 1. The zero-order valence-electron chi connectivity index (χ0n) is 11.8. The lowest BCUT2D eigenvalue weighted by Crippen LogP contribution is -1.96. The lowest BCUT2D eigenvalue weighted by Gasteiger charge is -2.06. The minimum Gasteiger partial charge on any atom is -0.481 e. The average Bonchev–Trinajstić information content (AvgIpc) is 2.83. The van der Waals surface area contributed by atoms with Gasteiger partial charge in [-0.3, -0.25) is 9.78 Å². The Balaban J connectivity index is 2.14. The van der Waals surface area contributed by atoms with Crippen LogP contribution in [0.25, 0.3) is 22.0 Å². The van der Waals surface area contributed by atoms with Gasteiger partial charge in [-0.05, 0) is 29.7 Å². The quantitative estimate of drug-likeness (QED) is 0.798. The third-order valence-electron chi connectivity index (χ3n) is 3.68. The molecule has 0 radical (unpaired) electrons. The fourth-order valence-corrected chi connectivity index (χ4v) is 2.76. The van der Waals surface area contributed by atoms with E-state index >= 15 is 0 Å². The monoisotopic (exact) mass is 280 g/mol. The second kappa shape index (κ2) is 5.40. The number of carboxylic acid groups (broad SMARTS) is 1. The van der Waals surface area contributed by atoms with Crippen LogP contribution in [0.4, 0.5) is 0 Å². The van der Waals surface area contributed by atoms with E-state index in [4.69, 9.17) is 5.11 Å². The van der Waals surface area contributed by atoms with Crippen molar-refractivity contribution in [3.05, 3.63) is 54.5 Å². The average molecular weight is 280 g/mol. The summed E-state index contributed by atoms with van der Waals surface area (Å²) < 4.78 is 2.07. The molecule has 0 atom stereocenters. The normalized spacial score (nSPS) is 10.9. The highest BCUT2D eigenvalue weighted by Gasteiger charge is 2.12. The molecule has 0 amide bonds. The van der Waals surface area contributed by atoms with E-state index in [-0.39, 0.29) is 6.42 Å². The Morgan fingerprint density at radius 2 is 2.00 bits per heavy atom. The van der Waals surface area contributed by atoms with Crippen LogP contribution in [-0.2, 0) is 18.3 Å². The molecule has 0 unspecified atom stereocenters. The Hall–Kier alpha value is -2.62. The van der Waals surface area contributed by atoms with Gasteiger partial charge < -0.3 is 9.67 Å². The maximum Gasteiger partial charge on any atom is 0.303 e. The van der Waals surface area contributed by atoms with Gasteiger partial charge in [-0.2, -0.15) is 0 Å². The van der Waals surface area contributed by atoms with E-state index in [0.29, 0.717) is 6.42 Å². The maximum absolute atomic E-state index is 10.8. The Kier molecular flexibility index (Phi) is 3.44. The van der Waals surface area contributed by atoms with Gasteiger partial charge in [-0.25, -0.2) is 0 Å². The fraction of sp³-hybridized carbons (Fsp3) is 0.176. The Morgan fingerprint density at radius 1 is 1.24 bits per heavy atom. The maximum atomic E-state index is 10.8. The summed E-state index contributed by atoms with van der Waals surface area (Å²) in [7, 11) is 2.00. The molecule has 1 N–H and O–H groups in total. The van der Waals surface area contributed by atoms with Crippen LogP contribution in [0, 0.1) is 0 Å². The minimum absolute atomic E-state index is 0.151. The number of pyridine rings is 1. The molecule has 1 aromatic carbocycles. The molecule has 3 rings (SSSR count). The number of aliphatic carboxylic acids is 1. The molecule has 0 aliphatic carbocycles. The van der Waals surface area contributed by atoms with Crippen molar-refractivity contribution in [2.45, 2.75) is 12.8 Å². The van der Waals surface area contributed by atoms with Gasteiger partial charge in [0.1, 0.15) is 0 Å².